The van der Waals surface area contributed by atoms with Crippen LogP contribution in [0, 0.1) is 0 Å². The van der Waals surface area contributed by atoms with E-state index in [0.717, 1.165) is 0 Å². The van der Waals surface area contributed by atoms with Crippen molar-refractivity contribution in [2.45, 2.75) is 0 Å². The molecule has 0 N–H and O–H groups in total. The summed E-state index contributed by atoms with van der Waals surface area (Å²) in [6, 6.07) is 0. The summed E-state index contributed by atoms with van der Waals surface area (Å²) in [5, 5.41) is 0. The van der Waals surface area contributed by atoms with Gasteiger partial charge in [0.1, 0.15) is 0 Å². The topological polar surface area (TPSA) is 0 Å². The molecule has 0 saturated carbocycles. The van der Waals surface area contributed by atoms with Crippen molar-refractivity contribution in [3.63, 3.8) is 0 Å². The molecule has 0 heterocycles. The van der Waals surface area contributed by atoms with Crippen molar-refractivity contribution in [3.05, 3.63) is 0 Å². The van der Waals surface area contributed by atoms with Crippen LogP contribution in [-0.2, 0) is 0 Å². The Labute approximate surface area is 93.9 Å². The Balaban J connectivity index is 0. The second-order valence-corrected chi connectivity index (χ2v) is 0. The van der Waals surface area contributed by atoms with Crippen LogP contribution in [-0.4, -0.2) is 23.9 Å². The molecule has 0 aromatic carbocycles. The number of rotatable bonds is 0. The second-order valence-electron chi connectivity index (χ2n) is 0. The first-order chi connectivity index (χ1) is 0. The molecule has 0 unspecified atom stereocenters. The molecule has 0 amide bonds. The van der Waals surface area contributed by atoms with E-state index in [9.17, 15) is 0 Å². The van der Waals surface area contributed by atoms with Gasteiger partial charge in [-0.2, -0.15) is 0 Å². The Kier molecular flexibility index (Phi) is 117. The fourth-order valence-electron chi connectivity index (χ4n) is 0. The molecule has 0 aromatic rings. The van der Waals surface area contributed by atoms with Crippen LogP contribution in [0.4, 0.5) is 0 Å². The van der Waals surface area contributed by atoms with E-state index in [1.54, 1.807) is 0 Å². The Morgan fingerprint density at radius 1 is 0.500 bits per heavy atom. The second kappa shape index (κ2) is 16.7. The van der Waals surface area contributed by atoms with Crippen molar-refractivity contribution in [2.75, 3.05) is 0 Å². The quantitative estimate of drug-likeness (QED) is 0.330. The first-order valence-electron chi connectivity index (χ1n) is 0. The predicted octanol–water partition coefficient (Wildman–Crippen LogP) is 0.402. The van der Waals surface area contributed by atoms with Gasteiger partial charge in [0, 0.05) is 0 Å². The fraction of sp³-hybridized carbons (Fsp3) is 0. The van der Waals surface area contributed by atoms with Crippen LogP contribution in [0.2, 0.25) is 0 Å². The minimum atomic E-state index is 0. The zero-order valence-electron chi connectivity index (χ0n) is 1.22. The van der Waals surface area contributed by atoms with Crippen molar-refractivity contribution in [1.29, 1.82) is 0 Å². The molecule has 0 aliphatic carbocycles. The third-order valence-corrected chi connectivity index (χ3v) is 0. The minimum absolute atomic E-state index is 0. The molecule has 0 saturated heterocycles. The molecule has 0 atom stereocenters. The third kappa shape index (κ3) is 8.89. The molecule has 0 aromatic heterocycles. The number of halogens is 3. The van der Waals surface area contributed by atoms with E-state index in [0.29, 0.717) is 0 Å². The monoisotopic (exact) mass is 508 g/mol. The van der Waals surface area contributed by atoms with Crippen molar-refractivity contribution >= 4 is 95.8 Å². The van der Waals surface area contributed by atoms with Crippen LogP contribution < -0.4 is 0 Å². The normalized spacial score (nSPS) is 0. The van der Waals surface area contributed by atoms with E-state index >= 15 is 0 Å². The van der Waals surface area contributed by atoms with Crippen LogP contribution in [0.25, 0.3) is 0 Å². The molecular weight excluding hydrogens is 499 g/mol. The van der Waals surface area contributed by atoms with Gasteiger partial charge in [0.25, 0.3) is 0 Å². The molecule has 0 fully saturated rings. The number of hydrogen-bond donors (Lipinski definition) is 0. The van der Waals surface area contributed by atoms with Crippen LogP contribution >= 0.6 is 71.9 Å². The SMILES string of the molecule is I.I.I.[SnH4]. The maximum atomic E-state index is 0. The first-order valence-corrected chi connectivity index (χ1v) is 0. The van der Waals surface area contributed by atoms with E-state index in [-0.39, 0.29) is 95.8 Å². The molecule has 32 valence electrons. The molecule has 0 bridgehead atoms. The first kappa shape index (κ1) is 28.1. The fourth-order valence-corrected chi connectivity index (χ4v) is 0. The maximum absolute atomic E-state index is 0. The van der Waals surface area contributed by atoms with Crippen molar-refractivity contribution in [3.8, 4) is 0 Å². The van der Waals surface area contributed by atoms with E-state index in [2.05, 4.69) is 0 Å². The summed E-state index contributed by atoms with van der Waals surface area (Å²) in [4.78, 5) is 0. The van der Waals surface area contributed by atoms with Gasteiger partial charge in [-0.3, -0.25) is 0 Å². The average Bonchev–Trinajstić information content (AvgIpc) is 0. The van der Waals surface area contributed by atoms with Crippen LogP contribution in [0.5, 0.6) is 0 Å². The molecule has 4 heteroatoms. The summed E-state index contributed by atoms with van der Waals surface area (Å²) in [5.41, 5.74) is 0. The van der Waals surface area contributed by atoms with E-state index in [1.807, 2.05) is 0 Å². The van der Waals surface area contributed by atoms with Gasteiger partial charge in [-0.05, 0) is 0 Å². The summed E-state index contributed by atoms with van der Waals surface area (Å²) in [6.07, 6.45) is 0. The summed E-state index contributed by atoms with van der Waals surface area (Å²) in [5.74, 6) is 0. The summed E-state index contributed by atoms with van der Waals surface area (Å²) >= 11 is 0. The van der Waals surface area contributed by atoms with Crippen molar-refractivity contribution in [1.82, 2.24) is 0 Å². The third-order valence-electron chi connectivity index (χ3n) is 0. The Morgan fingerprint density at radius 2 is 0.500 bits per heavy atom. The zero-order valence-corrected chi connectivity index (χ0v) is 8.22. The van der Waals surface area contributed by atoms with Gasteiger partial charge in [0.05, 0.1) is 0 Å². The molecule has 0 nitrogen and oxygen atoms in total. The molecule has 0 rings (SSSR count). The molecule has 0 aliphatic heterocycles. The van der Waals surface area contributed by atoms with Crippen molar-refractivity contribution < 1.29 is 0 Å². The van der Waals surface area contributed by atoms with Gasteiger partial charge in [-0.1, -0.05) is 0 Å². The summed E-state index contributed by atoms with van der Waals surface area (Å²) in [6.45, 7) is 0. The summed E-state index contributed by atoms with van der Waals surface area (Å²) < 4.78 is 0. The molecule has 0 spiro atoms. The predicted molar refractivity (Wildman–Crippen MR) is 57.6 cm³/mol. The van der Waals surface area contributed by atoms with Gasteiger partial charge < -0.3 is 0 Å². The van der Waals surface area contributed by atoms with Gasteiger partial charge in [0.15, 0.2) is 0 Å². The van der Waals surface area contributed by atoms with E-state index in [4.69, 9.17) is 0 Å². The van der Waals surface area contributed by atoms with Crippen molar-refractivity contribution in [2.24, 2.45) is 0 Å². The van der Waals surface area contributed by atoms with Crippen LogP contribution in [0.3, 0.4) is 0 Å². The zero-order chi connectivity index (χ0) is 0. The Morgan fingerprint density at radius 3 is 0.500 bits per heavy atom. The molecule has 0 aliphatic rings. The Hall–Kier alpha value is 2.99. The summed E-state index contributed by atoms with van der Waals surface area (Å²) in [7, 11) is 0. The molecule has 4 heavy (non-hydrogen) atoms. The molecular formula is H7I3Sn. The standard InChI is InChI=1S/3HI.Sn.4H/h3*1H;;;;;. The Bertz CT molecular complexity index is 3.25. The van der Waals surface area contributed by atoms with Gasteiger partial charge in [-0.25, -0.2) is 0 Å². The van der Waals surface area contributed by atoms with Crippen LogP contribution in [0.1, 0.15) is 0 Å². The van der Waals surface area contributed by atoms with E-state index < -0.39 is 0 Å². The number of hydrogen-bond acceptors (Lipinski definition) is 0. The van der Waals surface area contributed by atoms with Gasteiger partial charge in [-0.15, -0.1) is 71.9 Å². The van der Waals surface area contributed by atoms with Gasteiger partial charge in [0.2, 0.25) is 0 Å². The van der Waals surface area contributed by atoms with E-state index in [1.165, 1.54) is 0 Å². The molecule has 0 radical (unpaired) electrons. The van der Waals surface area contributed by atoms with Crippen LogP contribution in [0.15, 0.2) is 0 Å². The van der Waals surface area contributed by atoms with Gasteiger partial charge >= 0.3 is 23.9 Å². The average molecular weight is 506 g/mol.